The number of nitrogens with zero attached hydrogens (tertiary/aromatic N) is 1. The normalized spacial score (nSPS) is 18.8. The van der Waals surface area contributed by atoms with Crippen LogP contribution in [0.1, 0.15) is 115 Å². The van der Waals surface area contributed by atoms with Gasteiger partial charge in [-0.1, -0.05) is 81.6 Å². The Morgan fingerprint density at radius 2 is 1.22 bits per heavy atom. The van der Waals surface area contributed by atoms with Gasteiger partial charge in [-0.3, -0.25) is 43.2 Å². The second-order valence-corrected chi connectivity index (χ2v) is 19.5. The van der Waals surface area contributed by atoms with E-state index in [1.165, 1.54) is 11.8 Å². The van der Waals surface area contributed by atoms with E-state index >= 15 is 0 Å². The molecule has 2 fully saturated rings. The fourth-order valence-corrected chi connectivity index (χ4v) is 9.53. The summed E-state index contributed by atoms with van der Waals surface area (Å²) in [6, 6.07) is 5.12. The number of carboxylic acids is 1. The Hall–Kier alpha value is -6.98. The van der Waals surface area contributed by atoms with Crippen molar-refractivity contribution < 1.29 is 73.1 Å². The number of carbonyl (C=O) groups excluding carboxylic acids is 9. The standard InChI is InChI=1S/C51H70N8O15/c1-27(2)22-36(51(72)73)55-47(68)37(25-60)57-46(67)35(20-21-40(52)63)54-50(71)43(29-12-5-4-6-13-29)58-48(69)38(26-61)56-45(66)28(3)53-49(70)39-23-30(62)24-59(39)41(64)18-11-19-42(65)74-44-33-16-9-7-14-31(33)32-15-8-10-17-34(32)44/h7-10,14-17,27-30,35-39,43-44,60-62H,4-6,11-13,18-26H2,1-3H3,(H2,52,63)(H,53,70)(H,54,71)(H,55,68)(H,56,66)(H,57,67)(H,58,69)(H,72,73)/t28-,30+,35-,36-,37-,38-,39-,43-/m0/s1. The van der Waals surface area contributed by atoms with Crippen LogP contribution in [-0.2, 0) is 52.7 Å². The van der Waals surface area contributed by atoms with Crippen molar-refractivity contribution in [1.29, 1.82) is 0 Å². The van der Waals surface area contributed by atoms with Crippen molar-refractivity contribution in [2.24, 2.45) is 17.6 Å². The van der Waals surface area contributed by atoms with E-state index in [0.717, 1.165) is 28.7 Å². The molecule has 0 bridgehead atoms. The number of aliphatic hydroxyl groups excluding tert-OH is 3. The minimum Gasteiger partial charge on any atom is -0.480 e. The van der Waals surface area contributed by atoms with Gasteiger partial charge in [0.15, 0.2) is 6.10 Å². The predicted molar refractivity (Wildman–Crippen MR) is 263 cm³/mol. The van der Waals surface area contributed by atoms with Crippen LogP contribution in [0.4, 0.5) is 0 Å². The maximum atomic E-state index is 14.1. The molecule has 1 heterocycles. The number of nitrogens with two attached hydrogens (primary N) is 1. The van der Waals surface area contributed by atoms with E-state index in [1.54, 1.807) is 13.8 Å². The molecule has 3 aliphatic rings. The van der Waals surface area contributed by atoms with Crippen LogP contribution < -0.4 is 37.6 Å². The number of amides is 8. The maximum absolute atomic E-state index is 14.1. The van der Waals surface area contributed by atoms with Crippen LogP contribution in [-0.4, -0.2) is 153 Å². The lowest BCUT2D eigenvalue weighted by Crippen LogP contribution is -2.61. The van der Waals surface area contributed by atoms with Crippen molar-refractivity contribution in [2.45, 2.75) is 152 Å². The summed E-state index contributed by atoms with van der Waals surface area (Å²) in [6.07, 6.45) is 0.389. The third kappa shape index (κ3) is 15.8. The van der Waals surface area contributed by atoms with Crippen LogP contribution in [0.2, 0.25) is 0 Å². The Kier molecular flexibility index (Phi) is 21.4. The number of esters is 1. The zero-order valence-electron chi connectivity index (χ0n) is 41.9. The topological polar surface area (TPSA) is 362 Å². The van der Waals surface area contributed by atoms with Gasteiger partial charge in [0.05, 0.1) is 19.3 Å². The van der Waals surface area contributed by atoms with Gasteiger partial charge in [-0.15, -0.1) is 0 Å². The van der Waals surface area contributed by atoms with Gasteiger partial charge < -0.3 is 67.7 Å². The molecule has 8 atom stereocenters. The summed E-state index contributed by atoms with van der Waals surface area (Å²) < 4.78 is 5.88. The van der Waals surface area contributed by atoms with E-state index in [1.807, 2.05) is 48.5 Å². The summed E-state index contributed by atoms with van der Waals surface area (Å²) in [4.78, 5) is 133. The second kappa shape index (κ2) is 27.3. The maximum Gasteiger partial charge on any atom is 0.326 e. The minimum atomic E-state index is -1.67. The molecule has 1 saturated heterocycles. The molecule has 1 aliphatic heterocycles. The van der Waals surface area contributed by atoms with Crippen LogP contribution in [0.3, 0.4) is 0 Å². The Bertz CT molecular complexity index is 2330. The number of benzene rings is 2. The predicted octanol–water partition coefficient (Wildman–Crippen LogP) is -0.678. The summed E-state index contributed by atoms with van der Waals surface area (Å²) in [6.45, 7) is 2.66. The molecule has 2 aliphatic carbocycles. The first-order valence-electron chi connectivity index (χ1n) is 25.1. The van der Waals surface area contributed by atoms with E-state index in [0.29, 0.717) is 25.7 Å². The average molecular weight is 1040 g/mol. The molecular formula is C51H70N8O15. The van der Waals surface area contributed by atoms with E-state index in [9.17, 15) is 68.4 Å². The first-order valence-corrected chi connectivity index (χ1v) is 25.1. The Balaban J connectivity index is 1.16. The van der Waals surface area contributed by atoms with Crippen LogP contribution >= 0.6 is 0 Å². The summed E-state index contributed by atoms with van der Waals surface area (Å²) in [5.41, 5.74) is 8.99. The summed E-state index contributed by atoms with van der Waals surface area (Å²) in [5, 5.41) is 54.8. The molecule has 12 N–H and O–H groups in total. The van der Waals surface area contributed by atoms with Crippen molar-refractivity contribution in [1.82, 2.24) is 36.8 Å². The third-order valence-electron chi connectivity index (χ3n) is 13.4. The average Bonchev–Trinajstić information content (AvgIpc) is 3.92. The number of rotatable bonds is 26. The van der Waals surface area contributed by atoms with Crippen molar-refractivity contribution >= 4 is 59.2 Å². The molecule has 1 saturated carbocycles. The van der Waals surface area contributed by atoms with E-state index in [-0.39, 0.29) is 51.0 Å². The second-order valence-electron chi connectivity index (χ2n) is 19.5. The van der Waals surface area contributed by atoms with Gasteiger partial charge >= 0.3 is 11.9 Å². The van der Waals surface area contributed by atoms with Gasteiger partial charge in [-0.05, 0) is 62.0 Å². The molecule has 5 rings (SSSR count). The quantitative estimate of drug-likeness (QED) is 0.0520. The number of nitrogens with one attached hydrogen (secondary N) is 6. The third-order valence-corrected chi connectivity index (χ3v) is 13.4. The Morgan fingerprint density at radius 1 is 0.676 bits per heavy atom. The number of ether oxygens (including phenoxy) is 1. The number of fused-ring (bicyclic) bond motifs is 3. The zero-order chi connectivity index (χ0) is 54.2. The van der Waals surface area contributed by atoms with Crippen LogP contribution in [0.15, 0.2) is 48.5 Å². The Morgan fingerprint density at radius 3 is 1.78 bits per heavy atom. The number of primary amides is 1. The molecule has 23 heteroatoms. The summed E-state index contributed by atoms with van der Waals surface area (Å²) in [7, 11) is 0. The number of β-amino-alcohol motifs (C(OH)–C–C–N with tert-alkyl or cyclic N) is 1. The van der Waals surface area contributed by atoms with Gasteiger partial charge in [0.25, 0.3) is 0 Å². The zero-order valence-corrected chi connectivity index (χ0v) is 41.9. The summed E-state index contributed by atoms with van der Waals surface area (Å²) in [5.74, 6) is -9.54. The molecular weight excluding hydrogens is 965 g/mol. The Labute approximate surface area is 428 Å². The molecule has 404 valence electrons. The lowest BCUT2D eigenvalue weighted by Gasteiger charge is -2.32. The number of aliphatic carboxylic acids is 1. The van der Waals surface area contributed by atoms with E-state index in [4.69, 9.17) is 10.5 Å². The van der Waals surface area contributed by atoms with Crippen molar-refractivity contribution in [3.8, 4) is 11.1 Å². The highest BCUT2D eigenvalue weighted by atomic mass is 16.5. The number of carbonyl (C=O) groups is 10. The smallest absolute Gasteiger partial charge is 0.326 e. The van der Waals surface area contributed by atoms with Crippen LogP contribution in [0.25, 0.3) is 11.1 Å². The minimum absolute atomic E-state index is 0.0436. The van der Waals surface area contributed by atoms with Gasteiger partial charge in [-0.2, -0.15) is 0 Å². The van der Waals surface area contributed by atoms with Crippen molar-refractivity contribution in [3.05, 3.63) is 59.7 Å². The van der Waals surface area contributed by atoms with E-state index < -0.39 is 139 Å². The van der Waals surface area contributed by atoms with Gasteiger partial charge in [0, 0.05) is 43.4 Å². The van der Waals surface area contributed by atoms with Gasteiger partial charge in [-0.25, -0.2) is 4.79 Å². The largest absolute Gasteiger partial charge is 0.480 e. The molecule has 0 radical (unpaired) electrons. The SMILES string of the molecule is CC(C)C[C@H](NC(=O)[C@H](CO)NC(=O)[C@H](CCC(N)=O)NC(=O)[C@@H](NC(=O)[C@H](CO)NC(=O)[C@H](C)NC(=O)[C@@H]1C[C@@H](O)CN1C(=O)CCCC(=O)OC1c2ccccc2-c2ccccc21)C1CCCCC1)C(=O)O. The molecule has 74 heavy (non-hydrogen) atoms. The highest BCUT2D eigenvalue weighted by Crippen LogP contribution is 2.45. The number of hydrogen-bond donors (Lipinski definition) is 11. The molecule has 2 aromatic rings. The molecule has 8 amide bonds. The van der Waals surface area contributed by atoms with E-state index in [2.05, 4.69) is 31.9 Å². The molecule has 0 spiro atoms. The van der Waals surface area contributed by atoms with Gasteiger partial charge in [0.2, 0.25) is 47.3 Å². The highest BCUT2D eigenvalue weighted by molar-refractivity contribution is 5.98. The lowest BCUT2D eigenvalue weighted by atomic mass is 9.83. The molecule has 0 unspecified atom stereocenters. The molecule has 23 nitrogen and oxygen atoms in total. The van der Waals surface area contributed by atoms with Crippen LogP contribution in [0.5, 0.6) is 0 Å². The highest BCUT2D eigenvalue weighted by Gasteiger charge is 2.41. The number of carboxylic acid groups (broad SMARTS) is 1. The molecule has 0 aromatic heterocycles. The first kappa shape index (κ1) is 57.9. The van der Waals surface area contributed by atoms with Crippen molar-refractivity contribution in [2.75, 3.05) is 19.8 Å². The first-order chi connectivity index (χ1) is 35.2. The fourth-order valence-electron chi connectivity index (χ4n) is 9.53. The fraction of sp³-hybridized carbons (Fsp3) is 0.569. The monoisotopic (exact) mass is 1030 g/mol. The number of hydrogen-bond acceptors (Lipinski definition) is 14. The lowest BCUT2D eigenvalue weighted by molar-refractivity contribution is -0.148. The summed E-state index contributed by atoms with van der Waals surface area (Å²) >= 11 is 0. The van der Waals surface area contributed by atoms with Crippen LogP contribution in [0, 0.1) is 11.8 Å². The molecule has 2 aromatic carbocycles. The van der Waals surface area contributed by atoms with Crippen molar-refractivity contribution in [3.63, 3.8) is 0 Å². The number of likely N-dealkylation sites (tertiary alicyclic amines) is 1. The van der Waals surface area contributed by atoms with Gasteiger partial charge in [0.1, 0.15) is 42.3 Å². The number of aliphatic hydroxyl groups is 3.